The molecule has 0 saturated heterocycles. The Morgan fingerprint density at radius 2 is 2.13 bits per heavy atom. The lowest BCUT2D eigenvalue weighted by atomic mass is 10.3. The lowest BCUT2D eigenvalue weighted by molar-refractivity contribution is -0.384. The topological polar surface area (TPSA) is 76.2 Å². The Morgan fingerprint density at radius 1 is 1.48 bits per heavy atom. The molecule has 122 valence electrons. The molecule has 0 bridgehead atoms. The quantitative estimate of drug-likeness (QED) is 0.505. The second kappa shape index (κ2) is 7.38. The summed E-state index contributed by atoms with van der Waals surface area (Å²) >= 11 is 11.5. The number of non-ortho nitro benzene ring substituents is 1. The van der Waals surface area contributed by atoms with Gasteiger partial charge in [-0.15, -0.1) is 0 Å². The number of nitrogens with one attached hydrogen (secondary N) is 1. The summed E-state index contributed by atoms with van der Waals surface area (Å²) in [6, 6.07) is 6.06. The Bertz CT molecular complexity index is 716. The number of hydrogen-bond acceptors (Lipinski definition) is 4. The fourth-order valence-electron chi connectivity index (χ4n) is 1.89. The van der Waals surface area contributed by atoms with Crippen LogP contribution in [-0.2, 0) is 13.1 Å². The Hall–Kier alpha value is -2.19. The van der Waals surface area contributed by atoms with Crippen LogP contribution in [0.25, 0.3) is 0 Å². The zero-order valence-electron chi connectivity index (χ0n) is 12.7. The highest BCUT2D eigenvalue weighted by Gasteiger charge is 2.12. The first-order chi connectivity index (χ1) is 10.9. The van der Waals surface area contributed by atoms with Crippen molar-refractivity contribution in [3.05, 3.63) is 51.3 Å². The van der Waals surface area contributed by atoms with Crippen molar-refractivity contribution in [1.29, 1.82) is 0 Å². The summed E-state index contributed by atoms with van der Waals surface area (Å²) in [5.41, 5.74) is 1.45. The molecule has 0 saturated carbocycles. The van der Waals surface area contributed by atoms with Gasteiger partial charge in [0.25, 0.3) is 5.69 Å². The maximum Gasteiger partial charge on any atom is 0.269 e. The van der Waals surface area contributed by atoms with Gasteiger partial charge in [0.2, 0.25) is 0 Å². The number of thiocarbonyl (C=S) groups is 1. The number of halogens is 1. The Kier molecular flexibility index (Phi) is 5.51. The smallest absolute Gasteiger partial charge is 0.269 e. The molecule has 0 unspecified atom stereocenters. The van der Waals surface area contributed by atoms with Crippen LogP contribution in [0, 0.1) is 10.1 Å². The number of hydrogen-bond donors (Lipinski definition) is 1. The number of nitro groups is 1. The average molecular weight is 354 g/mol. The van der Waals surface area contributed by atoms with Crippen LogP contribution in [0.2, 0.25) is 5.02 Å². The van der Waals surface area contributed by atoms with Gasteiger partial charge in [-0.3, -0.25) is 14.8 Å². The van der Waals surface area contributed by atoms with Crippen LogP contribution in [0.3, 0.4) is 0 Å². The van der Waals surface area contributed by atoms with E-state index < -0.39 is 4.92 Å². The second-order valence-electron chi connectivity index (χ2n) is 4.87. The van der Waals surface area contributed by atoms with E-state index in [2.05, 4.69) is 10.4 Å². The third-order valence-corrected chi connectivity index (χ3v) is 3.90. The summed E-state index contributed by atoms with van der Waals surface area (Å²) in [7, 11) is 1.82. The summed E-state index contributed by atoms with van der Waals surface area (Å²) < 4.78 is 1.76. The van der Waals surface area contributed by atoms with E-state index in [1.807, 2.05) is 14.0 Å². The number of nitro benzene ring substituents is 1. The number of anilines is 1. The fourth-order valence-corrected chi connectivity index (χ4v) is 2.28. The van der Waals surface area contributed by atoms with Gasteiger partial charge < -0.3 is 10.2 Å². The van der Waals surface area contributed by atoms with E-state index in [9.17, 15) is 10.1 Å². The molecular formula is C14H16ClN5O2S. The monoisotopic (exact) mass is 353 g/mol. The van der Waals surface area contributed by atoms with Gasteiger partial charge >= 0.3 is 0 Å². The van der Waals surface area contributed by atoms with Crippen LogP contribution < -0.4 is 5.32 Å². The van der Waals surface area contributed by atoms with Crippen molar-refractivity contribution in [2.24, 2.45) is 0 Å². The molecule has 0 amide bonds. The van der Waals surface area contributed by atoms with Crippen molar-refractivity contribution in [3.63, 3.8) is 0 Å². The molecule has 0 aliphatic carbocycles. The van der Waals surface area contributed by atoms with Crippen molar-refractivity contribution in [3.8, 4) is 0 Å². The highest BCUT2D eigenvalue weighted by atomic mass is 35.5. The first kappa shape index (κ1) is 17.2. The first-order valence-electron chi connectivity index (χ1n) is 6.89. The minimum atomic E-state index is -0.444. The predicted octanol–water partition coefficient (Wildman–Crippen LogP) is 3.29. The molecule has 1 heterocycles. The van der Waals surface area contributed by atoms with E-state index in [-0.39, 0.29) is 5.69 Å². The summed E-state index contributed by atoms with van der Waals surface area (Å²) in [5, 5.41) is 19.1. The van der Waals surface area contributed by atoms with E-state index >= 15 is 0 Å². The van der Waals surface area contributed by atoms with E-state index in [4.69, 9.17) is 23.8 Å². The minimum Gasteiger partial charge on any atom is -0.346 e. The van der Waals surface area contributed by atoms with Crippen molar-refractivity contribution in [2.45, 2.75) is 20.0 Å². The van der Waals surface area contributed by atoms with Crippen LogP contribution >= 0.6 is 23.8 Å². The molecule has 0 spiro atoms. The SMILES string of the molecule is CCn1cc(Cl)c(CN(C)C(=S)Nc2ccc([N+](=O)[O-])cc2)n1. The zero-order valence-corrected chi connectivity index (χ0v) is 14.3. The van der Waals surface area contributed by atoms with Gasteiger partial charge in [-0.2, -0.15) is 5.10 Å². The molecular weight excluding hydrogens is 338 g/mol. The van der Waals surface area contributed by atoms with E-state index in [0.717, 1.165) is 12.2 Å². The van der Waals surface area contributed by atoms with Crippen LogP contribution in [0.5, 0.6) is 0 Å². The molecule has 0 radical (unpaired) electrons. The molecule has 1 aromatic carbocycles. The molecule has 7 nitrogen and oxygen atoms in total. The van der Waals surface area contributed by atoms with E-state index in [0.29, 0.717) is 22.4 Å². The highest BCUT2D eigenvalue weighted by molar-refractivity contribution is 7.80. The number of aryl methyl sites for hydroxylation is 1. The van der Waals surface area contributed by atoms with Gasteiger partial charge in [0.1, 0.15) is 5.69 Å². The van der Waals surface area contributed by atoms with Gasteiger partial charge in [0.05, 0.1) is 16.5 Å². The summed E-state index contributed by atoms with van der Waals surface area (Å²) in [6.07, 6.45) is 1.78. The molecule has 1 N–H and O–H groups in total. The van der Waals surface area contributed by atoms with Crippen molar-refractivity contribution < 1.29 is 4.92 Å². The molecule has 2 rings (SSSR count). The van der Waals surface area contributed by atoms with Gasteiger partial charge in [0.15, 0.2) is 5.11 Å². The molecule has 0 fully saturated rings. The highest BCUT2D eigenvalue weighted by Crippen LogP contribution is 2.18. The van der Waals surface area contributed by atoms with Crippen LogP contribution in [0.15, 0.2) is 30.5 Å². The van der Waals surface area contributed by atoms with Crippen LogP contribution in [0.1, 0.15) is 12.6 Å². The number of nitrogens with zero attached hydrogens (tertiary/aromatic N) is 4. The lowest BCUT2D eigenvalue weighted by Crippen LogP contribution is -2.30. The Morgan fingerprint density at radius 3 is 2.65 bits per heavy atom. The molecule has 1 aromatic heterocycles. The standard InChI is InChI=1S/C14H16ClN5O2S/c1-3-19-8-12(15)13(17-19)9-18(2)14(23)16-10-4-6-11(7-5-10)20(21)22/h4-8H,3,9H2,1-2H3,(H,16,23). The van der Waals surface area contributed by atoms with Gasteiger partial charge in [-0.05, 0) is 31.3 Å². The predicted molar refractivity (Wildman–Crippen MR) is 93.7 cm³/mol. The van der Waals surface area contributed by atoms with Gasteiger partial charge in [-0.25, -0.2) is 0 Å². The molecule has 0 atom stereocenters. The lowest BCUT2D eigenvalue weighted by Gasteiger charge is -2.20. The normalized spacial score (nSPS) is 10.4. The molecule has 9 heteroatoms. The zero-order chi connectivity index (χ0) is 17.0. The maximum atomic E-state index is 10.6. The molecule has 0 aliphatic heterocycles. The number of aromatic nitrogens is 2. The number of benzene rings is 1. The third-order valence-electron chi connectivity index (χ3n) is 3.17. The molecule has 2 aromatic rings. The number of rotatable bonds is 5. The molecule has 0 aliphatic rings. The largest absolute Gasteiger partial charge is 0.346 e. The van der Waals surface area contributed by atoms with Crippen molar-refractivity contribution in [1.82, 2.24) is 14.7 Å². The second-order valence-corrected chi connectivity index (χ2v) is 5.66. The van der Waals surface area contributed by atoms with Crippen molar-refractivity contribution >= 4 is 40.3 Å². The maximum absolute atomic E-state index is 10.6. The fraction of sp³-hybridized carbons (Fsp3) is 0.286. The average Bonchev–Trinajstić information content (AvgIpc) is 2.88. The van der Waals surface area contributed by atoms with Crippen LogP contribution in [0.4, 0.5) is 11.4 Å². The van der Waals surface area contributed by atoms with E-state index in [1.165, 1.54) is 12.1 Å². The summed E-state index contributed by atoms with van der Waals surface area (Å²) in [6.45, 7) is 3.19. The third kappa shape index (κ3) is 4.40. The Balaban J connectivity index is 1.99. The molecule has 23 heavy (non-hydrogen) atoms. The minimum absolute atomic E-state index is 0.0340. The summed E-state index contributed by atoms with van der Waals surface area (Å²) in [4.78, 5) is 12.0. The van der Waals surface area contributed by atoms with Crippen LogP contribution in [-0.4, -0.2) is 31.8 Å². The summed E-state index contributed by atoms with van der Waals surface area (Å²) in [5.74, 6) is 0. The van der Waals surface area contributed by atoms with E-state index in [1.54, 1.807) is 27.9 Å². The van der Waals surface area contributed by atoms with Crippen molar-refractivity contribution in [2.75, 3.05) is 12.4 Å². The van der Waals surface area contributed by atoms with Gasteiger partial charge in [-0.1, -0.05) is 11.6 Å². The first-order valence-corrected chi connectivity index (χ1v) is 7.67. The van der Waals surface area contributed by atoms with Gasteiger partial charge in [0, 0.05) is 37.6 Å². The Labute approximate surface area is 144 Å².